The van der Waals surface area contributed by atoms with Crippen molar-refractivity contribution in [1.82, 2.24) is 4.98 Å². The number of hydrogen-bond acceptors (Lipinski definition) is 5. The minimum atomic E-state index is 0.418. The number of fused-ring (bicyclic) bond motifs is 1. The highest BCUT2D eigenvalue weighted by molar-refractivity contribution is 6.38. The second kappa shape index (κ2) is 6.83. The minimum Gasteiger partial charge on any atom is -0.495 e. The van der Waals surface area contributed by atoms with Crippen LogP contribution in [0.15, 0.2) is 12.1 Å². The molecule has 0 aliphatic carbocycles. The zero-order chi connectivity index (χ0) is 15.4. The van der Waals surface area contributed by atoms with E-state index in [0.717, 1.165) is 23.3 Å². The number of nitrogens with one attached hydrogen (secondary N) is 1. The normalized spacial score (nSPS) is 10.7. The van der Waals surface area contributed by atoms with E-state index >= 15 is 0 Å². The number of rotatable bonds is 6. The molecule has 0 saturated carbocycles. The number of pyridine rings is 1. The summed E-state index contributed by atoms with van der Waals surface area (Å²) in [6.45, 7) is 3.20. The third-order valence-electron chi connectivity index (χ3n) is 3.10. The van der Waals surface area contributed by atoms with Gasteiger partial charge in [0.25, 0.3) is 0 Å². The summed E-state index contributed by atoms with van der Waals surface area (Å²) in [4.78, 5) is 4.58. The highest BCUT2D eigenvalue weighted by atomic mass is 35.5. The molecule has 0 radical (unpaired) electrons. The Balaban J connectivity index is 2.81. The third kappa shape index (κ3) is 2.99. The lowest BCUT2D eigenvalue weighted by Crippen LogP contribution is -2.03. The van der Waals surface area contributed by atoms with E-state index in [4.69, 9.17) is 25.8 Å². The van der Waals surface area contributed by atoms with Crippen LogP contribution in [0.25, 0.3) is 10.9 Å². The molecule has 6 heteroatoms. The lowest BCUT2D eigenvalue weighted by Gasteiger charge is -2.16. The van der Waals surface area contributed by atoms with E-state index in [1.54, 1.807) is 27.4 Å². The van der Waals surface area contributed by atoms with Crippen molar-refractivity contribution in [2.75, 3.05) is 33.2 Å². The topological polar surface area (TPSA) is 52.6 Å². The molecule has 2 rings (SSSR count). The van der Waals surface area contributed by atoms with Crippen molar-refractivity contribution in [1.29, 1.82) is 0 Å². The Hall–Kier alpha value is -1.72. The molecule has 21 heavy (non-hydrogen) atoms. The van der Waals surface area contributed by atoms with Gasteiger partial charge in [0.15, 0.2) is 0 Å². The van der Waals surface area contributed by atoms with E-state index in [1.165, 1.54) is 0 Å². The molecule has 1 aromatic carbocycles. The summed E-state index contributed by atoms with van der Waals surface area (Å²) in [7, 11) is 4.81. The number of methoxy groups -OCH3 is 3. The molecule has 1 aromatic heterocycles. The monoisotopic (exact) mass is 310 g/mol. The van der Waals surface area contributed by atoms with Gasteiger partial charge in [-0.25, -0.2) is 4.98 Å². The van der Waals surface area contributed by atoms with Crippen LogP contribution in [-0.2, 0) is 11.3 Å². The summed E-state index contributed by atoms with van der Waals surface area (Å²) in [6, 6.07) is 3.67. The minimum absolute atomic E-state index is 0.418. The van der Waals surface area contributed by atoms with E-state index in [9.17, 15) is 0 Å². The smallest absolute Gasteiger partial charge is 0.148 e. The molecule has 0 aliphatic rings. The van der Waals surface area contributed by atoms with E-state index in [1.807, 2.05) is 13.0 Å². The number of nitrogens with zero attached hydrogens (tertiary/aromatic N) is 1. The first-order valence-electron chi connectivity index (χ1n) is 6.63. The first-order chi connectivity index (χ1) is 10.2. The van der Waals surface area contributed by atoms with Crippen LogP contribution < -0.4 is 14.8 Å². The molecule has 1 heterocycles. The van der Waals surface area contributed by atoms with Crippen LogP contribution in [-0.4, -0.2) is 32.9 Å². The average Bonchev–Trinajstić information content (AvgIpc) is 2.48. The van der Waals surface area contributed by atoms with Gasteiger partial charge in [0, 0.05) is 30.8 Å². The fourth-order valence-electron chi connectivity index (χ4n) is 2.23. The second-order valence-electron chi connectivity index (χ2n) is 4.44. The predicted molar refractivity (Wildman–Crippen MR) is 84.7 cm³/mol. The van der Waals surface area contributed by atoms with Crippen LogP contribution in [0.5, 0.6) is 11.5 Å². The Morgan fingerprint density at radius 2 is 1.86 bits per heavy atom. The number of aromatic nitrogens is 1. The van der Waals surface area contributed by atoms with Crippen LogP contribution in [0.3, 0.4) is 0 Å². The van der Waals surface area contributed by atoms with E-state index < -0.39 is 0 Å². The number of ether oxygens (including phenoxy) is 3. The van der Waals surface area contributed by atoms with Crippen molar-refractivity contribution in [3.8, 4) is 11.5 Å². The van der Waals surface area contributed by atoms with Crippen LogP contribution >= 0.6 is 11.6 Å². The Labute approximate surface area is 129 Å². The van der Waals surface area contributed by atoms with Crippen LogP contribution in [0.2, 0.25) is 5.02 Å². The molecule has 5 nitrogen and oxygen atoms in total. The zero-order valence-corrected chi connectivity index (χ0v) is 13.4. The molecule has 0 atom stereocenters. The van der Waals surface area contributed by atoms with Gasteiger partial charge in [-0.3, -0.25) is 0 Å². The summed E-state index contributed by atoms with van der Waals surface area (Å²) in [5.74, 6) is 1.17. The molecule has 0 saturated heterocycles. The number of benzene rings is 1. The summed E-state index contributed by atoms with van der Waals surface area (Å²) in [5.41, 5.74) is 2.38. The van der Waals surface area contributed by atoms with Crippen molar-refractivity contribution in [3.63, 3.8) is 0 Å². The van der Waals surface area contributed by atoms with Crippen molar-refractivity contribution >= 4 is 28.2 Å². The highest BCUT2D eigenvalue weighted by Crippen LogP contribution is 2.42. The Morgan fingerprint density at radius 3 is 2.43 bits per heavy atom. The van der Waals surface area contributed by atoms with Crippen LogP contribution in [0, 0.1) is 0 Å². The average molecular weight is 311 g/mol. The summed E-state index contributed by atoms with van der Waals surface area (Å²) < 4.78 is 15.9. The number of hydrogen-bond donors (Lipinski definition) is 1. The first-order valence-corrected chi connectivity index (χ1v) is 7.00. The Kier molecular flexibility index (Phi) is 5.09. The largest absolute Gasteiger partial charge is 0.495 e. The van der Waals surface area contributed by atoms with Crippen molar-refractivity contribution in [2.45, 2.75) is 13.5 Å². The fourth-order valence-corrected chi connectivity index (χ4v) is 2.55. The zero-order valence-electron chi connectivity index (χ0n) is 12.6. The molecule has 0 spiro atoms. The Morgan fingerprint density at radius 1 is 1.14 bits per heavy atom. The maximum atomic E-state index is 6.45. The van der Waals surface area contributed by atoms with Gasteiger partial charge in [-0.15, -0.1) is 0 Å². The van der Waals surface area contributed by atoms with Crippen molar-refractivity contribution in [2.24, 2.45) is 0 Å². The second-order valence-corrected chi connectivity index (χ2v) is 4.82. The van der Waals surface area contributed by atoms with Crippen LogP contribution in [0.4, 0.5) is 5.69 Å². The molecule has 0 bridgehead atoms. The maximum absolute atomic E-state index is 6.45. The van der Waals surface area contributed by atoms with E-state index in [-0.39, 0.29) is 0 Å². The van der Waals surface area contributed by atoms with Gasteiger partial charge >= 0.3 is 0 Å². The van der Waals surface area contributed by atoms with E-state index in [2.05, 4.69) is 10.3 Å². The SMILES string of the molecule is CCNc1cc(COC)nc2c(OC)cc(OC)c(Cl)c12. The van der Waals surface area contributed by atoms with Gasteiger partial charge in [-0.05, 0) is 13.0 Å². The molecule has 1 N–H and O–H groups in total. The molecular weight excluding hydrogens is 292 g/mol. The quantitative estimate of drug-likeness (QED) is 0.885. The molecule has 2 aromatic rings. The van der Waals surface area contributed by atoms with E-state index in [0.29, 0.717) is 28.6 Å². The molecule has 0 fully saturated rings. The summed E-state index contributed by atoms with van der Waals surface area (Å²) in [6.07, 6.45) is 0. The predicted octanol–water partition coefficient (Wildman–Crippen LogP) is 3.48. The van der Waals surface area contributed by atoms with Crippen molar-refractivity contribution in [3.05, 3.63) is 22.8 Å². The summed E-state index contributed by atoms with van der Waals surface area (Å²) >= 11 is 6.45. The lowest BCUT2D eigenvalue weighted by molar-refractivity contribution is 0.182. The molecule has 0 unspecified atom stereocenters. The van der Waals surface area contributed by atoms with Gasteiger partial charge in [0.1, 0.15) is 17.0 Å². The van der Waals surface area contributed by atoms with Crippen molar-refractivity contribution < 1.29 is 14.2 Å². The first kappa shape index (κ1) is 15.7. The van der Waals surface area contributed by atoms with Crippen LogP contribution in [0.1, 0.15) is 12.6 Å². The summed E-state index contributed by atoms with van der Waals surface area (Å²) in [5, 5.41) is 4.60. The van der Waals surface area contributed by atoms with Gasteiger partial charge in [-0.1, -0.05) is 11.6 Å². The molecule has 0 amide bonds. The Bertz CT molecular complexity index is 647. The van der Waals surface area contributed by atoms with Gasteiger partial charge in [0.2, 0.25) is 0 Å². The molecular formula is C15H19ClN2O3. The number of anilines is 1. The number of halogens is 1. The standard InChI is InChI=1S/C15H19ClN2O3/c1-5-17-10-6-9(8-19-2)18-15-12(21-4)7-11(20-3)14(16)13(10)15/h6-7H,5,8H2,1-4H3,(H,17,18). The third-order valence-corrected chi connectivity index (χ3v) is 3.48. The van der Waals surface area contributed by atoms with Gasteiger partial charge in [-0.2, -0.15) is 0 Å². The van der Waals surface area contributed by atoms with Gasteiger partial charge < -0.3 is 19.5 Å². The lowest BCUT2D eigenvalue weighted by atomic mass is 10.1. The van der Waals surface area contributed by atoms with Gasteiger partial charge in [0.05, 0.1) is 31.5 Å². The highest BCUT2D eigenvalue weighted by Gasteiger charge is 2.17. The molecule has 0 aliphatic heterocycles. The molecule has 114 valence electrons. The maximum Gasteiger partial charge on any atom is 0.148 e. The fraction of sp³-hybridized carbons (Fsp3) is 0.400.